The van der Waals surface area contributed by atoms with Gasteiger partial charge in [0, 0.05) is 11.9 Å². The molecule has 0 aliphatic heterocycles. The van der Waals surface area contributed by atoms with E-state index in [1.807, 2.05) is 0 Å². The van der Waals surface area contributed by atoms with Gasteiger partial charge < -0.3 is 4.90 Å². The van der Waals surface area contributed by atoms with Crippen molar-refractivity contribution in [2.45, 2.75) is 25.8 Å². The van der Waals surface area contributed by atoms with Crippen molar-refractivity contribution < 1.29 is 0 Å². The molecule has 1 aliphatic carbocycles. The third-order valence-corrected chi connectivity index (χ3v) is 5.29. The smallest absolute Gasteiger partial charge is 0.141 e. The lowest BCUT2D eigenvalue weighted by molar-refractivity contribution is 0.657. The summed E-state index contributed by atoms with van der Waals surface area (Å²) in [5.41, 5.74) is 2.92. The van der Waals surface area contributed by atoms with Crippen LogP contribution in [0.15, 0.2) is 36.7 Å². The van der Waals surface area contributed by atoms with Gasteiger partial charge in [0.25, 0.3) is 0 Å². The molecule has 0 saturated carbocycles. The maximum absolute atomic E-state index is 4.56. The van der Waals surface area contributed by atoms with Crippen LogP contribution < -0.4 is 4.90 Å². The molecule has 1 aliphatic rings. The summed E-state index contributed by atoms with van der Waals surface area (Å²) in [4.78, 5) is 13.6. The van der Waals surface area contributed by atoms with E-state index >= 15 is 0 Å². The molecule has 0 radical (unpaired) electrons. The zero-order valence-electron chi connectivity index (χ0n) is 12.2. The Labute approximate surface area is 128 Å². The highest BCUT2D eigenvalue weighted by atomic mass is 32.1. The predicted octanol–water partition coefficient (Wildman–Crippen LogP) is 4.12. The molecular formula is C17H17N3S. The largest absolute Gasteiger partial charge is 0.352 e. The van der Waals surface area contributed by atoms with Crippen molar-refractivity contribution in [1.82, 2.24) is 9.97 Å². The molecule has 4 heteroatoms. The molecule has 1 atom stereocenters. The Morgan fingerprint density at radius 2 is 2.10 bits per heavy atom. The van der Waals surface area contributed by atoms with E-state index in [1.54, 1.807) is 17.7 Å². The lowest BCUT2D eigenvalue weighted by Crippen LogP contribution is -2.23. The summed E-state index contributed by atoms with van der Waals surface area (Å²) in [6, 6.07) is 11.4. The van der Waals surface area contributed by atoms with Crippen LogP contribution in [0, 0.1) is 6.92 Å². The Morgan fingerprint density at radius 3 is 3.00 bits per heavy atom. The molecule has 0 spiro atoms. The normalized spacial score (nSPS) is 17.1. The van der Waals surface area contributed by atoms with Gasteiger partial charge in [0.15, 0.2) is 0 Å². The van der Waals surface area contributed by atoms with E-state index in [9.17, 15) is 0 Å². The van der Waals surface area contributed by atoms with E-state index < -0.39 is 0 Å². The van der Waals surface area contributed by atoms with Gasteiger partial charge in [-0.1, -0.05) is 24.3 Å². The molecule has 2 heterocycles. The van der Waals surface area contributed by atoms with Crippen molar-refractivity contribution in [3.8, 4) is 0 Å². The van der Waals surface area contributed by atoms with Crippen LogP contribution in [0.3, 0.4) is 0 Å². The number of fused-ring (bicyclic) bond motifs is 2. The summed E-state index contributed by atoms with van der Waals surface area (Å²) in [5.74, 6) is 1.05. The van der Waals surface area contributed by atoms with Gasteiger partial charge in [0.05, 0.1) is 11.4 Å². The molecule has 0 fully saturated rings. The first-order chi connectivity index (χ1) is 10.2. The minimum absolute atomic E-state index is 0.416. The number of rotatable bonds is 2. The zero-order chi connectivity index (χ0) is 14.4. The highest BCUT2D eigenvalue weighted by molar-refractivity contribution is 7.18. The molecule has 0 saturated heterocycles. The lowest BCUT2D eigenvalue weighted by atomic mass is 10.1. The van der Waals surface area contributed by atoms with E-state index in [0.29, 0.717) is 6.04 Å². The van der Waals surface area contributed by atoms with Gasteiger partial charge in [0.1, 0.15) is 17.0 Å². The Bertz CT molecular complexity index is 809. The van der Waals surface area contributed by atoms with E-state index in [2.05, 4.69) is 59.2 Å². The first-order valence-corrected chi connectivity index (χ1v) is 8.07. The second-order valence-corrected chi connectivity index (χ2v) is 6.87. The van der Waals surface area contributed by atoms with Crippen LogP contribution in [0.2, 0.25) is 0 Å². The number of hydrogen-bond acceptors (Lipinski definition) is 4. The lowest BCUT2D eigenvalue weighted by Gasteiger charge is -2.26. The van der Waals surface area contributed by atoms with Crippen molar-refractivity contribution in [2.24, 2.45) is 0 Å². The molecule has 1 unspecified atom stereocenters. The molecule has 2 aromatic heterocycles. The quantitative estimate of drug-likeness (QED) is 0.712. The molecule has 0 N–H and O–H groups in total. The Hall–Kier alpha value is -1.94. The standard InChI is InChI=1S/C17H17N3S/c1-11-9-14-16(18-10-19-17(14)21-11)20(2)15-8-7-12-5-3-4-6-13(12)15/h3-6,9-10,15H,7-8H2,1-2H3. The van der Waals surface area contributed by atoms with Crippen molar-refractivity contribution >= 4 is 27.4 Å². The summed E-state index contributed by atoms with van der Waals surface area (Å²) >= 11 is 1.73. The minimum atomic E-state index is 0.416. The fourth-order valence-electron chi connectivity index (χ4n) is 3.33. The van der Waals surface area contributed by atoms with Crippen LogP contribution in [0.4, 0.5) is 5.82 Å². The van der Waals surface area contributed by atoms with Gasteiger partial charge in [-0.2, -0.15) is 0 Å². The van der Waals surface area contributed by atoms with Gasteiger partial charge >= 0.3 is 0 Å². The highest BCUT2D eigenvalue weighted by Gasteiger charge is 2.27. The fourth-order valence-corrected chi connectivity index (χ4v) is 4.17. The maximum atomic E-state index is 4.56. The number of anilines is 1. The van der Waals surface area contributed by atoms with E-state index in [-0.39, 0.29) is 0 Å². The molecule has 3 aromatic rings. The van der Waals surface area contributed by atoms with Gasteiger partial charge in [-0.25, -0.2) is 9.97 Å². The fraction of sp³-hybridized carbons (Fsp3) is 0.294. The van der Waals surface area contributed by atoms with Crippen LogP contribution in [0.5, 0.6) is 0 Å². The molecule has 4 rings (SSSR count). The van der Waals surface area contributed by atoms with E-state index in [4.69, 9.17) is 0 Å². The summed E-state index contributed by atoms with van der Waals surface area (Å²) in [6.07, 6.45) is 4.00. The van der Waals surface area contributed by atoms with Crippen molar-refractivity contribution in [1.29, 1.82) is 0 Å². The van der Waals surface area contributed by atoms with E-state index in [0.717, 1.165) is 23.5 Å². The molecule has 1 aromatic carbocycles. The molecule has 0 bridgehead atoms. The molecule has 21 heavy (non-hydrogen) atoms. The Morgan fingerprint density at radius 1 is 1.24 bits per heavy atom. The van der Waals surface area contributed by atoms with E-state index in [1.165, 1.54) is 21.4 Å². The average Bonchev–Trinajstić information content (AvgIpc) is 3.08. The average molecular weight is 295 g/mol. The second-order valence-electron chi connectivity index (χ2n) is 5.64. The topological polar surface area (TPSA) is 29.0 Å². The van der Waals surface area contributed by atoms with Crippen molar-refractivity contribution in [2.75, 3.05) is 11.9 Å². The monoisotopic (exact) mass is 295 g/mol. The molecule has 0 amide bonds. The van der Waals surface area contributed by atoms with Crippen LogP contribution in [0.25, 0.3) is 10.2 Å². The van der Waals surface area contributed by atoms with Crippen LogP contribution >= 0.6 is 11.3 Å². The third kappa shape index (κ3) is 2.02. The van der Waals surface area contributed by atoms with Crippen molar-refractivity contribution in [3.05, 3.63) is 52.7 Å². The SMILES string of the molecule is Cc1cc2c(N(C)C3CCc4ccccc43)ncnc2s1. The molecular weight excluding hydrogens is 278 g/mol. The molecule has 3 nitrogen and oxygen atoms in total. The number of thiophene rings is 1. The Kier molecular flexibility index (Phi) is 2.93. The number of nitrogens with zero attached hydrogens (tertiary/aromatic N) is 3. The maximum Gasteiger partial charge on any atom is 0.141 e. The summed E-state index contributed by atoms with van der Waals surface area (Å²) < 4.78 is 0. The summed E-state index contributed by atoms with van der Waals surface area (Å²) in [5, 5.41) is 1.17. The van der Waals surface area contributed by atoms with Crippen molar-refractivity contribution in [3.63, 3.8) is 0 Å². The van der Waals surface area contributed by atoms with Crippen LogP contribution in [-0.2, 0) is 6.42 Å². The highest BCUT2D eigenvalue weighted by Crippen LogP contribution is 2.39. The predicted molar refractivity (Wildman–Crippen MR) is 88.1 cm³/mol. The van der Waals surface area contributed by atoms with Gasteiger partial charge in [-0.3, -0.25) is 0 Å². The minimum Gasteiger partial charge on any atom is -0.352 e. The second kappa shape index (κ2) is 4.81. The van der Waals surface area contributed by atoms with Gasteiger partial charge in [0.2, 0.25) is 0 Å². The number of aromatic nitrogens is 2. The van der Waals surface area contributed by atoms with Gasteiger partial charge in [-0.05, 0) is 37.0 Å². The third-order valence-electron chi connectivity index (χ3n) is 4.33. The van der Waals surface area contributed by atoms with Crippen LogP contribution in [0.1, 0.15) is 28.5 Å². The molecule has 106 valence electrons. The summed E-state index contributed by atoms with van der Waals surface area (Å²) in [7, 11) is 2.15. The first kappa shape index (κ1) is 12.8. The first-order valence-electron chi connectivity index (χ1n) is 7.26. The number of aryl methyl sites for hydroxylation is 2. The zero-order valence-corrected chi connectivity index (χ0v) is 13.0. The number of hydrogen-bond donors (Lipinski definition) is 0. The number of benzene rings is 1. The van der Waals surface area contributed by atoms with Crippen LogP contribution in [-0.4, -0.2) is 17.0 Å². The van der Waals surface area contributed by atoms with Gasteiger partial charge in [-0.15, -0.1) is 11.3 Å². The summed E-state index contributed by atoms with van der Waals surface area (Å²) in [6.45, 7) is 2.13. The Balaban J connectivity index is 1.79.